The van der Waals surface area contributed by atoms with Gasteiger partial charge in [0.2, 0.25) is 0 Å². The van der Waals surface area contributed by atoms with E-state index in [-0.39, 0.29) is 6.04 Å². The summed E-state index contributed by atoms with van der Waals surface area (Å²) in [7, 11) is 3.31. The Labute approximate surface area is 120 Å². The van der Waals surface area contributed by atoms with Crippen LogP contribution < -0.4 is 15.2 Å². The summed E-state index contributed by atoms with van der Waals surface area (Å²) in [5.74, 6) is 1.58. The predicted octanol–water partition coefficient (Wildman–Crippen LogP) is 3.78. The maximum atomic E-state index is 6.11. The Morgan fingerprint density at radius 3 is 2.50 bits per heavy atom. The summed E-state index contributed by atoms with van der Waals surface area (Å²) in [5.41, 5.74) is 9.39. The largest absolute Gasteiger partial charge is 0.497 e. The molecule has 1 atom stereocenters. The van der Waals surface area contributed by atoms with E-state index < -0.39 is 0 Å². The molecule has 0 fully saturated rings. The zero-order valence-corrected chi connectivity index (χ0v) is 12.2. The van der Waals surface area contributed by atoms with Crippen LogP contribution in [0.3, 0.4) is 0 Å². The van der Waals surface area contributed by atoms with Gasteiger partial charge in [-0.15, -0.1) is 0 Å². The van der Waals surface area contributed by atoms with E-state index in [1.807, 2.05) is 24.3 Å². The number of hydrogen-bond acceptors (Lipinski definition) is 3. The summed E-state index contributed by atoms with van der Waals surface area (Å²) in [4.78, 5) is 0. The molecule has 0 aromatic heterocycles. The molecule has 0 saturated heterocycles. The first kappa shape index (κ1) is 14.4. The minimum absolute atomic E-state index is 0.0687. The van der Waals surface area contributed by atoms with Crippen LogP contribution in [0.1, 0.15) is 24.9 Å². The number of methoxy groups -OCH3 is 2. The highest BCUT2D eigenvalue weighted by Crippen LogP contribution is 2.34. The van der Waals surface area contributed by atoms with Gasteiger partial charge in [-0.25, -0.2) is 0 Å². The second-order valence-corrected chi connectivity index (χ2v) is 4.71. The maximum Gasteiger partial charge on any atom is 0.130 e. The molecule has 2 aromatic carbocycles. The minimum Gasteiger partial charge on any atom is -0.497 e. The highest BCUT2D eigenvalue weighted by Gasteiger charge is 2.10. The van der Waals surface area contributed by atoms with Crippen LogP contribution >= 0.6 is 0 Å². The van der Waals surface area contributed by atoms with Gasteiger partial charge in [0.1, 0.15) is 11.5 Å². The molecule has 0 aliphatic rings. The lowest BCUT2D eigenvalue weighted by atomic mass is 9.98. The summed E-state index contributed by atoms with van der Waals surface area (Å²) in [6.07, 6.45) is 0.920. The van der Waals surface area contributed by atoms with Crippen molar-refractivity contribution in [2.24, 2.45) is 5.73 Å². The average molecular weight is 271 g/mol. The second-order valence-electron chi connectivity index (χ2n) is 4.71. The van der Waals surface area contributed by atoms with Crippen molar-refractivity contribution in [1.82, 2.24) is 0 Å². The normalized spacial score (nSPS) is 12.0. The number of rotatable bonds is 5. The molecule has 0 aliphatic carbocycles. The van der Waals surface area contributed by atoms with Gasteiger partial charge >= 0.3 is 0 Å². The molecule has 0 spiro atoms. The molecule has 106 valence electrons. The summed E-state index contributed by atoms with van der Waals surface area (Å²) < 4.78 is 10.7. The molecule has 3 heteroatoms. The lowest BCUT2D eigenvalue weighted by Crippen LogP contribution is -2.08. The fourth-order valence-electron chi connectivity index (χ4n) is 2.21. The third kappa shape index (κ3) is 2.94. The second kappa shape index (κ2) is 6.44. The van der Waals surface area contributed by atoms with E-state index in [0.29, 0.717) is 0 Å². The summed E-state index contributed by atoms with van der Waals surface area (Å²) >= 11 is 0. The van der Waals surface area contributed by atoms with Gasteiger partial charge in [0.05, 0.1) is 14.2 Å². The fraction of sp³-hybridized carbons (Fsp3) is 0.294. The van der Waals surface area contributed by atoms with Crippen LogP contribution in [-0.4, -0.2) is 14.2 Å². The van der Waals surface area contributed by atoms with Crippen molar-refractivity contribution in [1.29, 1.82) is 0 Å². The first-order valence-corrected chi connectivity index (χ1v) is 6.77. The van der Waals surface area contributed by atoms with Crippen molar-refractivity contribution in [3.05, 3.63) is 48.0 Å². The third-order valence-electron chi connectivity index (χ3n) is 3.47. The Morgan fingerprint density at radius 2 is 1.85 bits per heavy atom. The molecular weight excluding hydrogens is 250 g/mol. The van der Waals surface area contributed by atoms with Gasteiger partial charge in [0.25, 0.3) is 0 Å². The number of ether oxygens (including phenoxy) is 2. The van der Waals surface area contributed by atoms with E-state index in [2.05, 4.69) is 25.1 Å². The number of benzene rings is 2. The van der Waals surface area contributed by atoms with Crippen molar-refractivity contribution in [3.8, 4) is 22.6 Å². The molecule has 2 rings (SSSR count). The van der Waals surface area contributed by atoms with Gasteiger partial charge in [-0.1, -0.05) is 25.1 Å². The summed E-state index contributed by atoms with van der Waals surface area (Å²) in [6, 6.07) is 14.2. The molecule has 0 amide bonds. The van der Waals surface area contributed by atoms with Crippen molar-refractivity contribution in [2.45, 2.75) is 19.4 Å². The van der Waals surface area contributed by atoms with Crippen molar-refractivity contribution in [2.75, 3.05) is 14.2 Å². The Morgan fingerprint density at radius 1 is 1.05 bits per heavy atom. The molecule has 0 bridgehead atoms. The van der Waals surface area contributed by atoms with Gasteiger partial charge < -0.3 is 15.2 Å². The third-order valence-corrected chi connectivity index (χ3v) is 3.47. The lowest BCUT2D eigenvalue weighted by molar-refractivity contribution is 0.395. The van der Waals surface area contributed by atoms with Crippen LogP contribution in [0.5, 0.6) is 11.5 Å². The first-order chi connectivity index (χ1) is 9.69. The SMILES string of the molecule is CCC(N)c1cccc(-c2ccc(OC)cc2OC)c1. The standard InChI is InChI=1S/C17H21NO2/c1-4-16(18)13-7-5-6-12(10-13)15-9-8-14(19-2)11-17(15)20-3/h5-11,16H,4,18H2,1-3H3. The van der Waals surface area contributed by atoms with E-state index in [1.54, 1.807) is 14.2 Å². The molecule has 1 unspecified atom stereocenters. The van der Waals surface area contributed by atoms with Gasteiger partial charge in [0, 0.05) is 17.7 Å². The van der Waals surface area contributed by atoms with Crippen LogP contribution in [0.2, 0.25) is 0 Å². The zero-order valence-electron chi connectivity index (χ0n) is 12.2. The maximum absolute atomic E-state index is 6.11. The van der Waals surface area contributed by atoms with Crippen LogP contribution in [0, 0.1) is 0 Å². The van der Waals surface area contributed by atoms with Gasteiger partial charge in [-0.3, -0.25) is 0 Å². The molecular formula is C17H21NO2. The Bertz CT molecular complexity index is 581. The molecule has 3 nitrogen and oxygen atoms in total. The van der Waals surface area contributed by atoms with E-state index in [9.17, 15) is 0 Å². The molecule has 20 heavy (non-hydrogen) atoms. The molecule has 0 radical (unpaired) electrons. The number of nitrogens with two attached hydrogens (primary N) is 1. The highest BCUT2D eigenvalue weighted by atomic mass is 16.5. The molecule has 0 heterocycles. The van der Waals surface area contributed by atoms with Crippen molar-refractivity contribution >= 4 is 0 Å². The molecule has 2 N–H and O–H groups in total. The van der Waals surface area contributed by atoms with E-state index in [0.717, 1.165) is 34.6 Å². The first-order valence-electron chi connectivity index (χ1n) is 6.77. The Balaban J connectivity index is 2.45. The van der Waals surface area contributed by atoms with Crippen LogP contribution in [0.15, 0.2) is 42.5 Å². The minimum atomic E-state index is 0.0687. The summed E-state index contributed by atoms with van der Waals surface area (Å²) in [6.45, 7) is 2.09. The summed E-state index contributed by atoms with van der Waals surface area (Å²) in [5, 5.41) is 0. The van der Waals surface area contributed by atoms with E-state index in [4.69, 9.17) is 15.2 Å². The Kier molecular flexibility index (Phi) is 4.64. The molecule has 0 aliphatic heterocycles. The van der Waals surface area contributed by atoms with Gasteiger partial charge in [-0.2, -0.15) is 0 Å². The number of hydrogen-bond donors (Lipinski definition) is 1. The Hall–Kier alpha value is -2.00. The molecule has 0 saturated carbocycles. The van der Waals surface area contributed by atoms with Gasteiger partial charge in [-0.05, 0) is 35.7 Å². The van der Waals surface area contributed by atoms with Gasteiger partial charge in [0.15, 0.2) is 0 Å². The highest BCUT2D eigenvalue weighted by molar-refractivity contribution is 5.72. The fourth-order valence-corrected chi connectivity index (χ4v) is 2.21. The molecule has 2 aromatic rings. The van der Waals surface area contributed by atoms with E-state index in [1.165, 1.54) is 0 Å². The smallest absolute Gasteiger partial charge is 0.130 e. The van der Waals surface area contributed by atoms with Crippen LogP contribution in [0.4, 0.5) is 0 Å². The monoisotopic (exact) mass is 271 g/mol. The zero-order chi connectivity index (χ0) is 14.5. The van der Waals surface area contributed by atoms with Crippen molar-refractivity contribution in [3.63, 3.8) is 0 Å². The van der Waals surface area contributed by atoms with E-state index >= 15 is 0 Å². The average Bonchev–Trinajstić information content (AvgIpc) is 2.53. The van der Waals surface area contributed by atoms with Crippen LogP contribution in [-0.2, 0) is 0 Å². The van der Waals surface area contributed by atoms with Crippen molar-refractivity contribution < 1.29 is 9.47 Å². The predicted molar refractivity (Wildman–Crippen MR) is 82.2 cm³/mol. The van der Waals surface area contributed by atoms with Crippen LogP contribution in [0.25, 0.3) is 11.1 Å². The lowest BCUT2D eigenvalue weighted by Gasteiger charge is -2.14. The quantitative estimate of drug-likeness (QED) is 0.900. The topological polar surface area (TPSA) is 44.5 Å².